The fourth-order valence-electron chi connectivity index (χ4n) is 2.38. The number of aldehydes is 1. The Balaban J connectivity index is 2.30. The molecule has 5 nitrogen and oxygen atoms in total. The predicted octanol–water partition coefficient (Wildman–Crippen LogP) is 1.37. The topological polar surface area (TPSA) is 58.6 Å². The fraction of sp³-hybridized carbons (Fsp3) is 0.467. The molecular formula is C15H19FN2O3. The van der Waals surface area contributed by atoms with Crippen molar-refractivity contribution in [3.05, 3.63) is 29.6 Å². The Kier molecular flexibility index (Phi) is 5.27. The Morgan fingerprint density at radius 1 is 1.57 bits per heavy atom. The lowest BCUT2D eigenvalue weighted by atomic mass is 10.1. The first kappa shape index (κ1) is 15.4. The highest BCUT2D eigenvalue weighted by Gasteiger charge is 2.32. The number of halogens is 1. The molecule has 1 atom stereocenters. The molecule has 1 aromatic rings. The van der Waals surface area contributed by atoms with Gasteiger partial charge in [0, 0.05) is 18.7 Å². The van der Waals surface area contributed by atoms with Crippen molar-refractivity contribution >= 4 is 17.9 Å². The number of hydrogen-bond donors (Lipinski definition) is 1. The maximum absolute atomic E-state index is 14.1. The first-order valence-corrected chi connectivity index (χ1v) is 7.04. The molecule has 1 unspecified atom stereocenters. The van der Waals surface area contributed by atoms with E-state index in [1.807, 2.05) is 6.92 Å². The third-order valence-corrected chi connectivity index (χ3v) is 3.41. The number of benzene rings is 1. The Bertz CT molecular complexity index is 522. The van der Waals surface area contributed by atoms with Crippen molar-refractivity contribution in [1.82, 2.24) is 5.32 Å². The Morgan fingerprint density at radius 3 is 3.10 bits per heavy atom. The minimum atomic E-state index is -0.624. The molecule has 1 saturated heterocycles. The molecule has 1 heterocycles. The first-order valence-electron chi connectivity index (χ1n) is 7.04. The molecule has 0 bridgehead atoms. The fourth-order valence-corrected chi connectivity index (χ4v) is 2.38. The van der Waals surface area contributed by atoms with Crippen LogP contribution in [0.4, 0.5) is 10.1 Å². The average molecular weight is 294 g/mol. The van der Waals surface area contributed by atoms with E-state index in [1.165, 1.54) is 12.1 Å². The van der Waals surface area contributed by atoms with Crippen LogP contribution in [0.5, 0.6) is 0 Å². The van der Waals surface area contributed by atoms with Gasteiger partial charge in [0.05, 0.1) is 18.9 Å². The summed E-state index contributed by atoms with van der Waals surface area (Å²) in [6.45, 7) is 3.45. The number of nitrogens with zero attached hydrogens (tertiary/aromatic N) is 1. The normalized spacial score (nSPS) is 18.4. The zero-order valence-corrected chi connectivity index (χ0v) is 12.0. The third-order valence-electron chi connectivity index (χ3n) is 3.41. The number of carbonyl (C=O) groups is 2. The van der Waals surface area contributed by atoms with Crippen molar-refractivity contribution in [3.63, 3.8) is 0 Å². The Morgan fingerprint density at radius 2 is 2.38 bits per heavy atom. The maximum atomic E-state index is 14.1. The molecule has 1 amide bonds. The second-order valence-corrected chi connectivity index (χ2v) is 4.87. The molecule has 21 heavy (non-hydrogen) atoms. The summed E-state index contributed by atoms with van der Waals surface area (Å²) in [6, 6.07) is 3.69. The van der Waals surface area contributed by atoms with Gasteiger partial charge >= 0.3 is 0 Å². The second kappa shape index (κ2) is 7.17. The van der Waals surface area contributed by atoms with E-state index in [-0.39, 0.29) is 23.8 Å². The number of ether oxygens (including phenoxy) is 1. The van der Waals surface area contributed by atoms with Gasteiger partial charge in [0.1, 0.15) is 11.9 Å². The molecule has 0 aromatic heterocycles. The van der Waals surface area contributed by atoms with Crippen molar-refractivity contribution < 1.29 is 18.7 Å². The molecule has 1 aliphatic heterocycles. The minimum Gasteiger partial charge on any atom is -0.377 e. The summed E-state index contributed by atoms with van der Waals surface area (Å²) in [7, 11) is 0. The summed E-state index contributed by atoms with van der Waals surface area (Å²) in [5, 5.41) is 2.79. The smallest absolute Gasteiger partial charge is 0.245 e. The van der Waals surface area contributed by atoms with E-state index in [0.717, 1.165) is 6.42 Å². The number of nitrogens with one attached hydrogen (secondary N) is 1. The zero-order valence-electron chi connectivity index (χ0n) is 12.0. The molecule has 6 heteroatoms. The summed E-state index contributed by atoms with van der Waals surface area (Å²) in [5.41, 5.74) is 0.414. The maximum Gasteiger partial charge on any atom is 0.245 e. The first-order chi connectivity index (χ1) is 10.2. The number of para-hydroxylation sites is 1. The summed E-state index contributed by atoms with van der Waals surface area (Å²) < 4.78 is 19.5. The van der Waals surface area contributed by atoms with Crippen LogP contribution in [0.25, 0.3) is 0 Å². The molecule has 1 fully saturated rings. The van der Waals surface area contributed by atoms with Gasteiger partial charge < -0.3 is 15.0 Å². The third kappa shape index (κ3) is 3.39. The van der Waals surface area contributed by atoms with Crippen LogP contribution in [0.1, 0.15) is 23.7 Å². The molecule has 1 aliphatic rings. The molecule has 1 aromatic carbocycles. The second-order valence-electron chi connectivity index (χ2n) is 4.87. The van der Waals surface area contributed by atoms with Gasteiger partial charge in [-0.15, -0.1) is 0 Å². The number of morpholine rings is 1. The molecule has 0 saturated carbocycles. The van der Waals surface area contributed by atoms with Crippen LogP contribution in [-0.2, 0) is 9.53 Å². The van der Waals surface area contributed by atoms with Gasteiger partial charge in [-0.2, -0.15) is 0 Å². The summed E-state index contributed by atoms with van der Waals surface area (Å²) in [6.07, 6.45) is 1.42. The number of rotatable bonds is 5. The molecule has 114 valence electrons. The molecule has 2 rings (SSSR count). The lowest BCUT2D eigenvalue weighted by Gasteiger charge is -2.37. The van der Waals surface area contributed by atoms with Gasteiger partial charge in [-0.3, -0.25) is 9.59 Å². The van der Waals surface area contributed by atoms with Gasteiger partial charge in [0.25, 0.3) is 0 Å². The summed E-state index contributed by atoms with van der Waals surface area (Å²) in [4.78, 5) is 25.0. The average Bonchev–Trinajstić information content (AvgIpc) is 2.52. The van der Waals surface area contributed by atoms with Crippen LogP contribution in [0.3, 0.4) is 0 Å². The number of hydrogen-bond acceptors (Lipinski definition) is 4. The van der Waals surface area contributed by atoms with Crippen molar-refractivity contribution in [2.75, 3.05) is 31.2 Å². The lowest BCUT2D eigenvalue weighted by molar-refractivity contribution is -0.124. The van der Waals surface area contributed by atoms with Crippen LogP contribution in [0, 0.1) is 5.82 Å². The predicted molar refractivity (Wildman–Crippen MR) is 77.0 cm³/mol. The SMILES string of the molecule is CCCNC(=O)C1COCCN1c1c(F)cccc1C=O. The largest absolute Gasteiger partial charge is 0.377 e. The van der Waals surface area contributed by atoms with Gasteiger partial charge in [0.15, 0.2) is 6.29 Å². The lowest BCUT2D eigenvalue weighted by Crippen LogP contribution is -2.54. The number of amides is 1. The summed E-state index contributed by atoms with van der Waals surface area (Å²) >= 11 is 0. The van der Waals surface area contributed by atoms with Crippen LogP contribution in [-0.4, -0.2) is 44.5 Å². The van der Waals surface area contributed by atoms with Gasteiger partial charge in [-0.1, -0.05) is 13.0 Å². The number of anilines is 1. The Labute approximate surface area is 123 Å². The monoisotopic (exact) mass is 294 g/mol. The van der Waals surface area contributed by atoms with Crippen LogP contribution in [0.15, 0.2) is 18.2 Å². The van der Waals surface area contributed by atoms with Crippen LogP contribution >= 0.6 is 0 Å². The van der Waals surface area contributed by atoms with Crippen molar-refractivity contribution in [3.8, 4) is 0 Å². The quantitative estimate of drug-likeness (QED) is 0.833. The molecule has 1 N–H and O–H groups in total. The van der Waals surface area contributed by atoms with E-state index < -0.39 is 11.9 Å². The molecule has 0 aliphatic carbocycles. The van der Waals surface area contributed by atoms with Crippen molar-refractivity contribution in [2.45, 2.75) is 19.4 Å². The molecular weight excluding hydrogens is 275 g/mol. The highest BCUT2D eigenvalue weighted by atomic mass is 19.1. The van der Waals surface area contributed by atoms with Crippen molar-refractivity contribution in [1.29, 1.82) is 0 Å². The van der Waals surface area contributed by atoms with Gasteiger partial charge in [-0.25, -0.2) is 4.39 Å². The Hall–Kier alpha value is -1.95. The zero-order chi connectivity index (χ0) is 15.2. The highest BCUT2D eigenvalue weighted by molar-refractivity contribution is 5.90. The van der Waals surface area contributed by atoms with E-state index >= 15 is 0 Å². The van der Waals surface area contributed by atoms with Gasteiger partial charge in [-0.05, 0) is 18.6 Å². The minimum absolute atomic E-state index is 0.174. The summed E-state index contributed by atoms with van der Waals surface area (Å²) in [5.74, 6) is -0.716. The van der Waals surface area contributed by atoms with Crippen molar-refractivity contribution in [2.24, 2.45) is 0 Å². The van der Waals surface area contributed by atoms with E-state index in [0.29, 0.717) is 26.0 Å². The molecule has 0 radical (unpaired) electrons. The number of carbonyl (C=O) groups excluding carboxylic acids is 2. The van der Waals surface area contributed by atoms with E-state index in [9.17, 15) is 14.0 Å². The van der Waals surface area contributed by atoms with Gasteiger partial charge in [0.2, 0.25) is 5.91 Å². The van der Waals surface area contributed by atoms with E-state index in [2.05, 4.69) is 5.32 Å². The molecule has 0 spiro atoms. The highest BCUT2D eigenvalue weighted by Crippen LogP contribution is 2.26. The van der Waals surface area contributed by atoms with E-state index in [4.69, 9.17) is 4.74 Å². The van der Waals surface area contributed by atoms with Crippen LogP contribution in [0.2, 0.25) is 0 Å². The van der Waals surface area contributed by atoms with E-state index in [1.54, 1.807) is 11.0 Å². The standard InChI is InChI=1S/C15H19FN2O3/c1-2-6-17-15(20)13-10-21-8-7-18(13)14-11(9-19)4-3-5-12(14)16/h3-5,9,13H,2,6-8,10H2,1H3,(H,17,20). The van der Waals surface area contributed by atoms with Crippen LogP contribution < -0.4 is 10.2 Å².